The van der Waals surface area contributed by atoms with Gasteiger partial charge in [0.1, 0.15) is 0 Å². The van der Waals surface area contributed by atoms with Crippen molar-refractivity contribution in [1.82, 2.24) is 20.2 Å². The van der Waals surface area contributed by atoms with Crippen molar-refractivity contribution in [1.29, 1.82) is 0 Å². The molecule has 6 nitrogen and oxygen atoms in total. The van der Waals surface area contributed by atoms with E-state index in [2.05, 4.69) is 28.5 Å². The van der Waals surface area contributed by atoms with E-state index in [-0.39, 0.29) is 0 Å². The molecule has 106 valence electrons. The number of aromatic nitrogens is 4. The monoisotopic (exact) mass is 292 g/mol. The van der Waals surface area contributed by atoms with Crippen molar-refractivity contribution in [2.24, 2.45) is 5.41 Å². The molecule has 0 saturated heterocycles. The third-order valence-electron chi connectivity index (χ3n) is 3.98. The number of tetrazole rings is 1. The fourth-order valence-electron chi connectivity index (χ4n) is 2.51. The number of aryl methyl sites for hydroxylation is 1. The highest BCUT2D eigenvalue weighted by atomic mass is 32.1. The Balaban J connectivity index is 1.88. The van der Waals surface area contributed by atoms with Gasteiger partial charge in [-0.2, -0.15) is 0 Å². The molecule has 2 heterocycles. The lowest BCUT2D eigenvalue weighted by molar-refractivity contribution is -0.156. The molecular weight excluding hydrogens is 276 g/mol. The highest BCUT2D eigenvalue weighted by molar-refractivity contribution is 7.15. The number of nitrogens with zero attached hydrogens (tertiary/aromatic N) is 4. The molecule has 2 aromatic rings. The number of carboxylic acids is 1. The van der Waals surface area contributed by atoms with E-state index in [1.165, 1.54) is 4.88 Å². The van der Waals surface area contributed by atoms with E-state index in [9.17, 15) is 9.90 Å². The van der Waals surface area contributed by atoms with Crippen molar-refractivity contribution < 1.29 is 9.90 Å². The van der Waals surface area contributed by atoms with Crippen molar-refractivity contribution in [3.8, 4) is 10.7 Å². The van der Waals surface area contributed by atoms with Gasteiger partial charge in [0, 0.05) is 4.88 Å². The lowest BCUT2D eigenvalue weighted by atomic mass is 9.69. The van der Waals surface area contributed by atoms with Crippen molar-refractivity contribution in [2.75, 3.05) is 0 Å². The Morgan fingerprint density at radius 1 is 1.50 bits per heavy atom. The Kier molecular flexibility index (Phi) is 3.29. The standard InChI is InChI=1S/C13H16N4O2S/c1-2-9-4-5-10(20-9)11-14-15-16-17(11)8-13(12(18)19)6-3-7-13/h4-5H,2-3,6-8H2,1H3,(H,18,19). The Bertz CT molecular complexity index is 630. The minimum Gasteiger partial charge on any atom is -0.481 e. The summed E-state index contributed by atoms with van der Waals surface area (Å²) < 4.78 is 1.64. The average Bonchev–Trinajstić information content (AvgIpc) is 3.01. The van der Waals surface area contributed by atoms with Gasteiger partial charge in [-0.3, -0.25) is 4.79 Å². The Morgan fingerprint density at radius 2 is 2.30 bits per heavy atom. The van der Waals surface area contributed by atoms with Gasteiger partial charge < -0.3 is 5.11 Å². The van der Waals surface area contributed by atoms with Gasteiger partial charge in [0.2, 0.25) is 0 Å². The molecule has 1 fully saturated rings. The second kappa shape index (κ2) is 4.97. The van der Waals surface area contributed by atoms with E-state index in [1.54, 1.807) is 16.0 Å². The summed E-state index contributed by atoms with van der Waals surface area (Å²) in [4.78, 5) is 13.7. The maximum Gasteiger partial charge on any atom is 0.311 e. The molecular formula is C13H16N4O2S. The van der Waals surface area contributed by atoms with Crippen LogP contribution in [-0.2, 0) is 17.8 Å². The van der Waals surface area contributed by atoms with E-state index in [0.29, 0.717) is 25.2 Å². The zero-order valence-electron chi connectivity index (χ0n) is 11.2. The summed E-state index contributed by atoms with van der Waals surface area (Å²) >= 11 is 1.65. The van der Waals surface area contributed by atoms with Gasteiger partial charge in [-0.15, -0.1) is 16.4 Å². The van der Waals surface area contributed by atoms with Crippen molar-refractivity contribution in [3.05, 3.63) is 17.0 Å². The Hall–Kier alpha value is -1.76. The van der Waals surface area contributed by atoms with Gasteiger partial charge in [0.05, 0.1) is 16.8 Å². The molecule has 0 spiro atoms. The predicted octanol–water partition coefficient (Wildman–Crippen LogP) is 2.22. The molecule has 0 atom stereocenters. The Morgan fingerprint density at radius 3 is 2.85 bits per heavy atom. The minimum absolute atomic E-state index is 0.351. The molecule has 0 bridgehead atoms. The molecule has 2 aromatic heterocycles. The zero-order chi connectivity index (χ0) is 14.2. The highest BCUT2D eigenvalue weighted by Crippen LogP contribution is 2.43. The van der Waals surface area contributed by atoms with Crippen LogP contribution >= 0.6 is 11.3 Å². The number of rotatable bonds is 5. The molecule has 1 saturated carbocycles. The van der Waals surface area contributed by atoms with Crippen LogP contribution in [0.4, 0.5) is 0 Å². The molecule has 0 radical (unpaired) electrons. The molecule has 1 N–H and O–H groups in total. The van der Waals surface area contributed by atoms with Crippen LogP contribution in [0.2, 0.25) is 0 Å². The molecule has 7 heteroatoms. The summed E-state index contributed by atoms with van der Waals surface area (Å²) in [6, 6.07) is 4.06. The SMILES string of the molecule is CCc1ccc(-c2nnnn2CC2(C(=O)O)CCC2)s1. The predicted molar refractivity (Wildman–Crippen MR) is 74.4 cm³/mol. The lowest BCUT2D eigenvalue weighted by Gasteiger charge is -2.37. The molecule has 0 unspecified atom stereocenters. The molecule has 1 aliphatic carbocycles. The third-order valence-corrected chi connectivity index (χ3v) is 5.20. The van der Waals surface area contributed by atoms with Gasteiger partial charge in [0.15, 0.2) is 5.82 Å². The van der Waals surface area contributed by atoms with E-state index < -0.39 is 11.4 Å². The van der Waals surface area contributed by atoms with Crippen LogP contribution < -0.4 is 0 Å². The first-order valence-electron chi connectivity index (χ1n) is 6.73. The fourth-order valence-corrected chi connectivity index (χ4v) is 3.44. The largest absolute Gasteiger partial charge is 0.481 e. The average molecular weight is 292 g/mol. The number of thiophene rings is 1. The van der Waals surface area contributed by atoms with E-state index >= 15 is 0 Å². The van der Waals surface area contributed by atoms with Crippen LogP contribution in [0.15, 0.2) is 12.1 Å². The number of carboxylic acid groups (broad SMARTS) is 1. The van der Waals surface area contributed by atoms with Crippen molar-refractivity contribution >= 4 is 17.3 Å². The molecule has 20 heavy (non-hydrogen) atoms. The maximum atomic E-state index is 11.4. The van der Waals surface area contributed by atoms with Crippen LogP contribution in [0.5, 0.6) is 0 Å². The molecule has 1 aliphatic rings. The number of carbonyl (C=O) groups is 1. The summed E-state index contributed by atoms with van der Waals surface area (Å²) in [5.74, 6) is -0.0761. The zero-order valence-corrected chi connectivity index (χ0v) is 12.1. The first kappa shape index (κ1) is 13.2. The van der Waals surface area contributed by atoms with Crippen LogP contribution in [0.3, 0.4) is 0 Å². The minimum atomic E-state index is -0.745. The number of hydrogen-bond donors (Lipinski definition) is 1. The molecule has 0 amide bonds. The normalized spacial score (nSPS) is 16.9. The van der Waals surface area contributed by atoms with Gasteiger partial charge in [-0.05, 0) is 41.8 Å². The van der Waals surface area contributed by atoms with Crippen molar-refractivity contribution in [3.63, 3.8) is 0 Å². The van der Waals surface area contributed by atoms with Crippen molar-refractivity contribution in [2.45, 2.75) is 39.2 Å². The van der Waals surface area contributed by atoms with Crippen LogP contribution in [-0.4, -0.2) is 31.3 Å². The van der Waals surface area contributed by atoms with Crippen LogP contribution in [0.25, 0.3) is 10.7 Å². The van der Waals surface area contributed by atoms with Gasteiger partial charge in [0.25, 0.3) is 0 Å². The van der Waals surface area contributed by atoms with Gasteiger partial charge in [-0.1, -0.05) is 13.3 Å². The lowest BCUT2D eigenvalue weighted by Crippen LogP contribution is -2.42. The Labute approximate surface area is 120 Å². The third kappa shape index (κ3) is 2.11. The second-order valence-electron chi connectivity index (χ2n) is 5.22. The summed E-state index contributed by atoms with van der Waals surface area (Å²) in [5.41, 5.74) is -0.686. The highest BCUT2D eigenvalue weighted by Gasteiger charge is 2.45. The van der Waals surface area contributed by atoms with E-state index in [1.807, 2.05) is 6.07 Å². The molecule has 0 aromatic carbocycles. The molecule has 3 rings (SSSR count). The van der Waals surface area contributed by atoms with Crippen LogP contribution in [0, 0.1) is 5.41 Å². The molecule has 0 aliphatic heterocycles. The number of aliphatic carboxylic acids is 1. The van der Waals surface area contributed by atoms with Crippen LogP contribution in [0.1, 0.15) is 31.1 Å². The summed E-state index contributed by atoms with van der Waals surface area (Å²) in [5, 5.41) is 21.2. The second-order valence-corrected chi connectivity index (χ2v) is 6.39. The van der Waals surface area contributed by atoms with E-state index in [0.717, 1.165) is 17.7 Å². The van der Waals surface area contributed by atoms with Gasteiger partial charge in [-0.25, -0.2) is 4.68 Å². The first-order chi connectivity index (χ1) is 9.64. The summed E-state index contributed by atoms with van der Waals surface area (Å²) in [6.45, 7) is 2.45. The van der Waals surface area contributed by atoms with E-state index in [4.69, 9.17) is 0 Å². The summed E-state index contributed by atoms with van der Waals surface area (Å²) in [6.07, 6.45) is 3.34. The number of hydrogen-bond acceptors (Lipinski definition) is 5. The topological polar surface area (TPSA) is 80.9 Å². The summed E-state index contributed by atoms with van der Waals surface area (Å²) in [7, 11) is 0. The quantitative estimate of drug-likeness (QED) is 0.914. The smallest absolute Gasteiger partial charge is 0.311 e. The maximum absolute atomic E-state index is 11.4. The first-order valence-corrected chi connectivity index (χ1v) is 7.55. The fraction of sp³-hybridized carbons (Fsp3) is 0.538. The van der Waals surface area contributed by atoms with Gasteiger partial charge >= 0.3 is 5.97 Å².